The number of aliphatic carboxylic acids is 1. The highest BCUT2D eigenvalue weighted by Crippen LogP contribution is 2.30. The fraction of sp³-hybridized carbons (Fsp3) is 0.241. The molecule has 0 radical (unpaired) electrons. The van der Waals surface area contributed by atoms with Crippen LogP contribution in [-0.2, 0) is 31.0 Å². The summed E-state index contributed by atoms with van der Waals surface area (Å²) < 4.78 is 41.9. The van der Waals surface area contributed by atoms with E-state index in [1.807, 2.05) is 53.1 Å². The molecule has 0 bridgehead atoms. The lowest BCUT2D eigenvalue weighted by Crippen LogP contribution is -2.37. The minimum absolute atomic E-state index is 0.111. The minimum atomic E-state index is -4.41. The first-order valence-electron chi connectivity index (χ1n) is 13.1. The van der Waals surface area contributed by atoms with Gasteiger partial charge in [0, 0.05) is 24.4 Å². The van der Waals surface area contributed by atoms with Gasteiger partial charge in [-0.25, -0.2) is 18.1 Å². The van der Waals surface area contributed by atoms with Crippen LogP contribution >= 0.6 is 0 Å². The van der Waals surface area contributed by atoms with Crippen LogP contribution in [0.15, 0.2) is 71.6 Å². The molecule has 0 aliphatic carbocycles. The molecule has 2 unspecified atom stereocenters. The van der Waals surface area contributed by atoms with E-state index in [1.165, 1.54) is 25.1 Å². The zero-order valence-electron chi connectivity index (χ0n) is 23.6. The van der Waals surface area contributed by atoms with Crippen molar-refractivity contribution in [3.05, 3.63) is 66.7 Å². The molecule has 1 aromatic heterocycles. The maximum Gasteiger partial charge on any atom is 0.305 e. The van der Waals surface area contributed by atoms with Crippen LogP contribution in [0.4, 0.5) is 17.3 Å². The molecule has 2 atom stereocenters. The molecule has 0 fully saturated rings. The number of aromatic nitrogens is 2. The summed E-state index contributed by atoms with van der Waals surface area (Å²) in [6.07, 6.45) is -1.17. The van der Waals surface area contributed by atoms with Crippen molar-refractivity contribution in [1.29, 1.82) is 0 Å². The van der Waals surface area contributed by atoms with E-state index in [2.05, 4.69) is 15.4 Å². The number of benzene rings is 3. The van der Waals surface area contributed by atoms with Gasteiger partial charge in [-0.1, -0.05) is 12.1 Å². The van der Waals surface area contributed by atoms with E-state index in [-0.39, 0.29) is 35.1 Å². The van der Waals surface area contributed by atoms with Crippen molar-refractivity contribution in [2.24, 2.45) is 0 Å². The van der Waals surface area contributed by atoms with Gasteiger partial charge in [-0.3, -0.25) is 9.59 Å². The van der Waals surface area contributed by atoms with Gasteiger partial charge in [0.05, 0.1) is 37.2 Å². The maximum absolute atomic E-state index is 13.2. The van der Waals surface area contributed by atoms with Crippen LogP contribution in [0.3, 0.4) is 0 Å². The number of fused-ring (bicyclic) bond motifs is 1. The number of carboxylic acid groups (broad SMARTS) is 1. The standard InChI is InChI=1S/C29H31N5O8S/c1-18(16-34-25-7-5-4-6-24(25)32-29(34)31-20-8-11-23(41-3)12-9-20)42-26-14-21(30-19(2)36)10-13-27(26)43(39,40)33-22(17-35)15-28(37)38/h4-14,17-18,22,33H,15-16H2,1-3H3,(H,30,36)(H,31,32)(H,37,38). The summed E-state index contributed by atoms with van der Waals surface area (Å²) in [7, 11) is -2.83. The summed E-state index contributed by atoms with van der Waals surface area (Å²) >= 11 is 0. The van der Waals surface area contributed by atoms with E-state index in [4.69, 9.17) is 19.6 Å². The SMILES string of the molecule is COc1ccc(Nc2nc3ccccc3n2CC(C)Oc2cc(NC(C)=O)ccc2S(=O)(=O)NC(C=O)CC(=O)O)cc1. The minimum Gasteiger partial charge on any atom is -0.497 e. The smallest absolute Gasteiger partial charge is 0.305 e. The van der Waals surface area contributed by atoms with Crippen molar-refractivity contribution in [1.82, 2.24) is 14.3 Å². The molecule has 43 heavy (non-hydrogen) atoms. The molecule has 4 rings (SSSR count). The van der Waals surface area contributed by atoms with Crippen molar-refractivity contribution >= 4 is 56.5 Å². The molecule has 13 nitrogen and oxygen atoms in total. The highest BCUT2D eigenvalue weighted by atomic mass is 32.2. The summed E-state index contributed by atoms with van der Waals surface area (Å²) in [5, 5.41) is 14.9. The molecule has 0 saturated carbocycles. The number of carboxylic acids is 1. The number of methoxy groups -OCH3 is 1. The topological polar surface area (TPSA) is 178 Å². The van der Waals surface area contributed by atoms with Gasteiger partial charge in [0.15, 0.2) is 0 Å². The largest absolute Gasteiger partial charge is 0.497 e. The first kappa shape index (κ1) is 31.0. The Balaban J connectivity index is 1.66. The fourth-order valence-corrected chi connectivity index (χ4v) is 5.63. The Morgan fingerprint density at radius 3 is 2.42 bits per heavy atom. The number of rotatable bonds is 14. The van der Waals surface area contributed by atoms with Gasteiger partial charge < -0.3 is 34.6 Å². The van der Waals surface area contributed by atoms with Crippen LogP contribution in [0.5, 0.6) is 11.5 Å². The van der Waals surface area contributed by atoms with E-state index < -0.39 is 34.6 Å². The first-order chi connectivity index (χ1) is 20.5. The highest BCUT2D eigenvalue weighted by molar-refractivity contribution is 7.89. The number of ether oxygens (including phenoxy) is 2. The van der Waals surface area contributed by atoms with E-state index >= 15 is 0 Å². The normalized spacial score (nSPS) is 12.7. The first-order valence-corrected chi connectivity index (χ1v) is 14.6. The Hall–Kier alpha value is -4.95. The van der Waals surface area contributed by atoms with Crippen LogP contribution in [-0.4, -0.2) is 60.5 Å². The van der Waals surface area contributed by atoms with E-state index in [9.17, 15) is 22.8 Å². The summed E-state index contributed by atoms with van der Waals surface area (Å²) in [4.78, 5) is 38.5. The number of para-hydroxylation sites is 2. The molecule has 3 aromatic carbocycles. The fourth-order valence-electron chi connectivity index (χ4n) is 4.34. The lowest BCUT2D eigenvalue weighted by atomic mass is 10.2. The number of carbonyl (C=O) groups is 3. The molecular formula is C29H31N5O8S. The molecule has 0 saturated heterocycles. The summed E-state index contributed by atoms with van der Waals surface area (Å²) in [5.74, 6) is -0.622. The molecule has 1 amide bonds. The average molecular weight is 610 g/mol. The number of aldehydes is 1. The van der Waals surface area contributed by atoms with Gasteiger partial charge in [-0.15, -0.1) is 0 Å². The molecule has 1 heterocycles. The summed E-state index contributed by atoms with van der Waals surface area (Å²) in [5.41, 5.74) is 2.57. The highest BCUT2D eigenvalue weighted by Gasteiger charge is 2.27. The maximum atomic E-state index is 13.2. The molecule has 0 spiro atoms. The Morgan fingerprint density at radius 1 is 1.07 bits per heavy atom. The molecule has 0 aliphatic rings. The predicted octanol–water partition coefficient (Wildman–Crippen LogP) is 3.53. The van der Waals surface area contributed by atoms with Crippen molar-refractivity contribution < 1.29 is 37.4 Å². The van der Waals surface area contributed by atoms with Crippen LogP contribution < -0.4 is 24.8 Å². The predicted molar refractivity (Wildman–Crippen MR) is 159 cm³/mol. The molecule has 14 heteroatoms. The quantitative estimate of drug-likeness (QED) is 0.155. The Labute approximate surface area is 247 Å². The zero-order chi connectivity index (χ0) is 31.1. The van der Waals surface area contributed by atoms with Crippen LogP contribution in [0, 0.1) is 0 Å². The third kappa shape index (κ3) is 7.87. The molecule has 226 valence electrons. The Morgan fingerprint density at radius 2 is 1.77 bits per heavy atom. The van der Waals surface area contributed by atoms with Gasteiger partial charge >= 0.3 is 5.97 Å². The average Bonchev–Trinajstić information content (AvgIpc) is 3.28. The molecule has 4 N–H and O–H groups in total. The van der Waals surface area contributed by atoms with E-state index in [0.29, 0.717) is 11.7 Å². The van der Waals surface area contributed by atoms with Gasteiger partial charge in [0.1, 0.15) is 28.8 Å². The Bertz CT molecular complexity index is 1740. The van der Waals surface area contributed by atoms with Crippen LogP contribution in [0.25, 0.3) is 11.0 Å². The van der Waals surface area contributed by atoms with Crippen molar-refractivity contribution in [2.75, 3.05) is 17.7 Å². The Kier molecular flexibility index (Phi) is 9.63. The van der Waals surface area contributed by atoms with Crippen LogP contribution in [0.2, 0.25) is 0 Å². The lowest BCUT2D eigenvalue weighted by Gasteiger charge is -2.21. The van der Waals surface area contributed by atoms with Crippen molar-refractivity contribution in [3.8, 4) is 11.5 Å². The number of sulfonamides is 1. The number of hydrogen-bond donors (Lipinski definition) is 4. The second-order valence-corrected chi connectivity index (χ2v) is 11.3. The lowest BCUT2D eigenvalue weighted by molar-refractivity contribution is -0.138. The second kappa shape index (κ2) is 13.4. The number of imidazole rings is 1. The van der Waals surface area contributed by atoms with Crippen molar-refractivity contribution in [2.45, 2.75) is 43.9 Å². The van der Waals surface area contributed by atoms with Gasteiger partial charge in [-0.2, -0.15) is 0 Å². The van der Waals surface area contributed by atoms with E-state index in [1.54, 1.807) is 14.0 Å². The number of nitrogens with zero attached hydrogens (tertiary/aromatic N) is 2. The summed E-state index contributed by atoms with van der Waals surface area (Å²) in [6.45, 7) is 3.27. The van der Waals surface area contributed by atoms with Gasteiger partial charge in [0.25, 0.3) is 0 Å². The number of hydrogen-bond acceptors (Lipinski definition) is 9. The monoisotopic (exact) mass is 609 g/mol. The van der Waals surface area contributed by atoms with Gasteiger partial charge in [-0.05, 0) is 55.5 Å². The zero-order valence-corrected chi connectivity index (χ0v) is 24.4. The number of nitrogens with one attached hydrogen (secondary N) is 3. The number of anilines is 3. The summed E-state index contributed by atoms with van der Waals surface area (Å²) in [6, 6.07) is 17.2. The third-order valence-corrected chi connectivity index (χ3v) is 7.72. The molecular weight excluding hydrogens is 578 g/mol. The third-order valence-electron chi connectivity index (χ3n) is 6.19. The van der Waals surface area contributed by atoms with Crippen molar-refractivity contribution in [3.63, 3.8) is 0 Å². The molecule has 4 aromatic rings. The second-order valence-electron chi connectivity index (χ2n) is 9.62. The molecule has 0 aliphatic heterocycles. The number of amides is 1. The number of carbonyl (C=O) groups excluding carboxylic acids is 2. The van der Waals surface area contributed by atoms with E-state index in [0.717, 1.165) is 16.7 Å². The van der Waals surface area contributed by atoms with Gasteiger partial charge in [0.2, 0.25) is 21.9 Å². The van der Waals surface area contributed by atoms with Crippen LogP contribution in [0.1, 0.15) is 20.3 Å².